The molecule has 2 unspecified atom stereocenters. The minimum atomic E-state index is -0.303. The second-order valence-corrected chi connectivity index (χ2v) is 8.59. The van der Waals surface area contributed by atoms with Gasteiger partial charge in [0.2, 0.25) is 0 Å². The molecular weight excluding hydrogens is 400 g/mol. The maximum absolute atomic E-state index is 12.3. The van der Waals surface area contributed by atoms with Crippen LogP contribution in [0.4, 0.5) is 10.5 Å². The second kappa shape index (κ2) is 9.71. The summed E-state index contributed by atoms with van der Waals surface area (Å²) in [7, 11) is 0. The Morgan fingerprint density at radius 2 is 1.90 bits per heavy atom. The van der Waals surface area contributed by atoms with Gasteiger partial charge in [0.15, 0.2) is 0 Å². The summed E-state index contributed by atoms with van der Waals surface area (Å²) >= 11 is 5.97. The van der Waals surface area contributed by atoms with Gasteiger partial charge in [0.05, 0.1) is 12.6 Å². The minimum Gasteiger partial charge on any atom is -0.494 e. The Kier molecular flexibility index (Phi) is 6.80. The lowest BCUT2D eigenvalue weighted by Crippen LogP contribution is -2.35. The predicted octanol–water partition coefficient (Wildman–Crippen LogP) is 5.16. The third-order valence-electron chi connectivity index (χ3n) is 6.01. The van der Waals surface area contributed by atoms with Gasteiger partial charge in [0.25, 0.3) is 0 Å². The Labute approximate surface area is 183 Å². The number of cyclic esters (lactones) is 1. The van der Waals surface area contributed by atoms with Gasteiger partial charge in [-0.25, -0.2) is 4.79 Å². The number of anilines is 1. The van der Waals surface area contributed by atoms with Crippen LogP contribution in [-0.4, -0.2) is 49.4 Å². The number of amides is 1. The first kappa shape index (κ1) is 21.0. The van der Waals surface area contributed by atoms with E-state index in [0.717, 1.165) is 36.4 Å². The monoisotopic (exact) mass is 428 g/mol. The lowest BCUT2D eigenvalue weighted by atomic mass is 10.1. The molecule has 0 aliphatic carbocycles. The van der Waals surface area contributed by atoms with E-state index in [9.17, 15) is 4.79 Å². The summed E-state index contributed by atoms with van der Waals surface area (Å²) in [6.45, 7) is 5.68. The first-order valence-electron chi connectivity index (χ1n) is 10.8. The molecule has 5 nitrogen and oxygen atoms in total. The molecule has 2 aliphatic heterocycles. The van der Waals surface area contributed by atoms with Crippen LogP contribution in [0.2, 0.25) is 5.02 Å². The summed E-state index contributed by atoms with van der Waals surface area (Å²) in [5.41, 5.74) is 1.95. The van der Waals surface area contributed by atoms with Gasteiger partial charge in [0, 0.05) is 23.3 Å². The SMILES string of the molecule is CC1CCCN1CCCOc1ccc(N2C(=O)OCC2Cc2ccc(Cl)cc2)cc1. The van der Waals surface area contributed by atoms with Crippen LogP contribution in [0.5, 0.6) is 5.75 Å². The first-order chi connectivity index (χ1) is 14.6. The number of benzene rings is 2. The van der Waals surface area contributed by atoms with E-state index in [1.54, 1.807) is 4.90 Å². The van der Waals surface area contributed by atoms with Crippen LogP contribution in [0.3, 0.4) is 0 Å². The third-order valence-corrected chi connectivity index (χ3v) is 6.26. The highest BCUT2D eigenvalue weighted by Crippen LogP contribution is 2.27. The number of carbonyl (C=O) groups is 1. The van der Waals surface area contributed by atoms with Gasteiger partial charge >= 0.3 is 6.09 Å². The predicted molar refractivity (Wildman–Crippen MR) is 120 cm³/mol. The summed E-state index contributed by atoms with van der Waals surface area (Å²) in [4.78, 5) is 16.6. The number of halogens is 1. The second-order valence-electron chi connectivity index (χ2n) is 8.15. The molecule has 160 valence electrons. The van der Waals surface area contributed by atoms with E-state index in [-0.39, 0.29) is 12.1 Å². The number of hydrogen-bond acceptors (Lipinski definition) is 4. The van der Waals surface area contributed by atoms with Gasteiger partial charge in [0.1, 0.15) is 12.4 Å². The molecule has 2 saturated heterocycles. The molecule has 2 aromatic carbocycles. The van der Waals surface area contributed by atoms with Crippen molar-refractivity contribution in [3.63, 3.8) is 0 Å². The highest BCUT2D eigenvalue weighted by Gasteiger charge is 2.34. The summed E-state index contributed by atoms with van der Waals surface area (Å²) in [6, 6.07) is 16.1. The minimum absolute atomic E-state index is 0.0344. The Morgan fingerprint density at radius 1 is 1.13 bits per heavy atom. The van der Waals surface area contributed by atoms with Crippen LogP contribution in [0.25, 0.3) is 0 Å². The van der Waals surface area contributed by atoms with Crippen molar-refractivity contribution >= 4 is 23.4 Å². The number of ether oxygens (including phenoxy) is 2. The van der Waals surface area contributed by atoms with Crippen molar-refractivity contribution in [2.24, 2.45) is 0 Å². The molecule has 0 bridgehead atoms. The smallest absolute Gasteiger partial charge is 0.414 e. The fraction of sp³-hybridized carbons (Fsp3) is 0.458. The summed E-state index contributed by atoms with van der Waals surface area (Å²) < 4.78 is 11.2. The van der Waals surface area contributed by atoms with E-state index < -0.39 is 0 Å². The Hall–Kier alpha value is -2.24. The van der Waals surface area contributed by atoms with Gasteiger partial charge in [-0.1, -0.05) is 23.7 Å². The van der Waals surface area contributed by atoms with E-state index in [1.807, 2.05) is 48.5 Å². The third kappa shape index (κ3) is 5.08. The van der Waals surface area contributed by atoms with E-state index in [1.165, 1.54) is 19.4 Å². The van der Waals surface area contributed by atoms with Gasteiger partial charge in [-0.05, 0) is 81.1 Å². The van der Waals surface area contributed by atoms with Crippen LogP contribution in [0, 0.1) is 0 Å². The molecule has 0 spiro atoms. The molecule has 2 atom stereocenters. The Balaban J connectivity index is 1.31. The van der Waals surface area contributed by atoms with Crippen molar-refractivity contribution in [1.29, 1.82) is 0 Å². The molecule has 0 N–H and O–H groups in total. The highest BCUT2D eigenvalue weighted by molar-refractivity contribution is 6.30. The number of likely N-dealkylation sites (tertiary alicyclic amines) is 1. The zero-order chi connectivity index (χ0) is 20.9. The maximum Gasteiger partial charge on any atom is 0.414 e. The van der Waals surface area contributed by atoms with Gasteiger partial charge < -0.3 is 14.4 Å². The molecule has 0 aromatic heterocycles. The largest absolute Gasteiger partial charge is 0.494 e. The topological polar surface area (TPSA) is 42.0 Å². The fourth-order valence-electron chi connectivity index (χ4n) is 4.31. The first-order valence-corrected chi connectivity index (χ1v) is 11.2. The summed E-state index contributed by atoms with van der Waals surface area (Å²) in [5.74, 6) is 0.829. The average molecular weight is 429 g/mol. The number of hydrogen-bond donors (Lipinski definition) is 0. The molecule has 0 radical (unpaired) electrons. The van der Waals surface area contributed by atoms with Crippen molar-refractivity contribution in [1.82, 2.24) is 4.90 Å². The molecule has 1 amide bonds. The normalized spacial score (nSPS) is 21.8. The molecule has 2 aliphatic rings. The molecule has 30 heavy (non-hydrogen) atoms. The fourth-order valence-corrected chi connectivity index (χ4v) is 4.43. The van der Waals surface area contributed by atoms with Crippen LogP contribution >= 0.6 is 11.6 Å². The zero-order valence-electron chi connectivity index (χ0n) is 17.4. The zero-order valence-corrected chi connectivity index (χ0v) is 18.2. The Bertz CT molecular complexity index is 841. The number of nitrogens with zero attached hydrogens (tertiary/aromatic N) is 2. The number of carbonyl (C=O) groups excluding carboxylic acids is 1. The van der Waals surface area contributed by atoms with E-state index >= 15 is 0 Å². The van der Waals surface area contributed by atoms with E-state index in [0.29, 0.717) is 24.3 Å². The van der Waals surface area contributed by atoms with Crippen LogP contribution in [-0.2, 0) is 11.2 Å². The van der Waals surface area contributed by atoms with Crippen molar-refractivity contribution in [2.45, 2.75) is 44.7 Å². The van der Waals surface area contributed by atoms with E-state index in [2.05, 4.69) is 11.8 Å². The molecule has 0 saturated carbocycles. The van der Waals surface area contributed by atoms with Crippen LogP contribution < -0.4 is 9.64 Å². The van der Waals surface area contributed by atoms with Crippen molar-refractivity contribution in [3.05, 3.63) is 59.1 Å². The lowest BCUT2D eigenvalue weighted by Gasteiger charge is -2.22. The average Bonchev–Trinajstić information content (AvgIpc) is 3.33. The standard InChI is InChI=1S/C24H29ClN2O3/c1-18-4-2-13-26(18)14-3-15-29-23-11-9-21(10-12-23)27-22(17-30-24(27)28)16-19-5-7-20(25)8-6-19/h5-12,18,22H,2-4,13-17H2,1H3. The maximum atomic E-state index is 12.3. The molecule has 2 heterocycles. The molecule has 2 fully saturated rings. The van der Waals surface area contributed by atoms with Crippen LogP contribution in [0.1, 0.15) is 31.7 Å². The van der Waals surface area contributed by atoms with Gasteiger partial charge in [-0.3, -0.25) is 4.90 Å². The molecule has 4 rings (SSSR count). The Morgan fingerprint density at radius 3 is 2.60 bits per heavy atom. The summed E-state index contributed by atoms with van der Waals surface area (Å²) in [5, 5.41) is 0.708. The van der Waals surface area contributed by atoms with Crippen molar-refractivity contribution in [2.75, 3.05) is 31.2 Å². The number of rotatable bonds is 8. The highest BCUT2D eigenvalue weighted by atomic mass is 35.5. The lowest BCUT2D eigenvalue weighted by molar-refractivity contribution is 0.178. The molecule has 2 aromatic rings. The van der Waals surface area contributed by atoms with Crippen LogP contribution in [0.15, 0.2) is 48.5 Å². The van der Waals surface area contributed by atoms with Crippen molar-refractivity contribution in [3.8, 4) is 5.75 Å². The van der Waals surface area contributed by atoms with Gasteiger partial charge in [-0.2, -0.15) is 0 Å². The van der Waals surface area contributed by atoms with E-state index in [4.69, 9.17) is 21.1 Å². The molecular formula is C24H29ClN2O3. The van der Waals surface area contributed by atoms with Gasteiger partial charge in [-0.15, -0.1) is 0 Å². The van der Waals surface area contributed by atoms with Crippen molar-refractivity contribution < 1.29 is 14.3 Å². The molecule has 6 heteroatoms. The quantitative estimate of drug-likeness (QED) is 0.544. The summed E-state index contributed by atoms with van der Waals surface area (Å²) in [6.07, 6.45) is 4.05.